The van der Waals surface area contributed by atoms with Crippen molar-refractivity contribution in [2.45, 2.75) is 31.7 Å². The Morgan fingerprint density at radius 1 is 1.37 bits per heavy atom. The monoisotopic (exact) mass is 431 g/mol. The molecule has 0 aliphatic carbocycles. The molecule has 3 N–H and O–H groups in total. The molecular formula is C21H29N5O3S. The summed E-state index contributed by atoms with van der Waals surface area (Å²) in [5, 5.41) is 14.4. The van der Waals surface area contributed by atoms with E-state index in [0.717, 1.165) is 29.4 Å². The third-order valence-electron chi connectivity index (χ3n) is 4.77. The maximum Gasteiger partial charge on any atom is 0.319 e. The highest BCUT2D eigenvalue weighted by molar-refractivity contribution is 7.97. The first-order valence-corrected chi connectivity index (χ1v) is 11.4. The lowest BCUT2D eigenvalue weighted by molar-refractivity contribution is 0.0985. The van der Waals surface area contributed by atoms with Crippen LogP contribution in [-0.2, 0) is 10.5 Å². The Labute approximate surface area is 181 Å². The minimum absolute atomic E-state index is 0.111. The lowest BCUT2D eigenvalue weighted by atomic mass is 10.2. The van der Waals surface area contributed by atoms with Crippen molar-refractivity contribution >= 4 is 29.3 Å². The first-order valence-electron chi connectivity index (χ1n) is 10.00. The second kappa shape index (κ2) is 10.6. The third kappa shape index (κ3) is 5.84. The molecule has 0 spiro atoms. The van der Waals surface area contributed by atoms with Gasteiger partial charge < -0.3 is 25.4 Å². The zero-order valence-corrected chi connectivity index (χ0v) is 18.4. The molecule has 1 aromatic heterocycles. The largest absolute Gasteiger partial charge is 0.394 e. The van der Waals surface area contributed by atoms with Gasteiger partial charge in [0.2, 0.25) is 0 Å². The van der Waals surface area contributed by atoms with E-state index in [0.29, 0.717) is 24.7 Å². The normalized spacial score (nSPS) is 17.5. The summed E-state index contributed by atoms with van der Waals surface area (Å²) in [5.41, 5.74) is 2.53. The Morgan fingerprint density at radius 3 is 2.80 bits per heavy atom. The van der Waals surface area contributed by atoms with Crippen LogP contribution < -0.4 is 15.5 Å². The van der Waals surface area contributed by atoms with E-state index < -0.39 is 0 Å². The Bertz CT molecular complexity index is 849. The number of carbonyl (C=O) groups excluding carboxylic acids is 1. The Morgan fingerprint density at radius 2 is 2.13 bits per heavy atom. The Kier molecular flexibility index (Phi) is 7.89. The molecule has 1 fully saturated rings. The number of nitrogens with one attached hydrogen (secondary N) is 2. The fourth-order valence-corrected chi connectivity index (χ4v) is 3.63. The minimum Gasteiger partial charge on any atom is -0.394 e. The lowest BCUT2D eigenvalue weighted by Gasteiger charge is -2.34. The van der Waals surface area contributed by atoms with E-state index in [1.165, 1.54) is 0 Å². The summed E-state index contributed by atoms with van der Waals surface area (Å²) in [5.74, 6) is 2.39. The molecule has 162 valence electrons. The molecule has 0 radical (unpaired) electrons. The summed E-state index contributed by atoms with van der Waals surface area (Å²) in [6.45, 7) is 5.95. The van der Waals surface area contributed by atoms with Gasteiger partial charge in [-0.05, 0) is 44.4 Å². The van der Waals surface area contributed by atoms with Crippen molar-refractivity contribution in [1.82, 2.24) is 15.3 Å². The molecule has 2 heterocycles. The maximum atomic E-state index is 11.9. The minimum atomic E-state index is -0.355. The van der Waals surface area contributed by atoms with Crippen LogP contribution in [0.1, 0.15) is 19.5 Å². The van der Waals surface area contributed by atoms with Gasteiger partial charge in [0.1, 0.15) is 5.82 Å². The predicted octanol–water partition coefficient (Wildman–Crippen LogP) is 2.73. The second-order valence-electron chi connectivity index (χ2n) is 7.35. The molecule has 0 saturated carbocycles. The molecule has 1 unspecified atom stereocenters. The number of morpholine rings is 1. The average molecular weight is 432 g/mol. The number of benzene rings is 1. The summed E-state index contributed by atoms with van der Waals surface area (Å²) < 4.78 is 5.56. The standard InChI is InChI=1S/C21H29N5O3S/c1-14(11-27)22-21(28)24-17-6-4-16(5-7-17)20-23-18(13-30-3)10-19(25-20)26-8-9-29-12-15(26)2/h4-7,10,14-15,27H,8-9,11-13H2,1-3H3,(H2,22,24,28)/t14?,15-/m0/s1. The van der Waals surface area contributed by atoms with Crippen LogP contribution in [0.5, 0.6) is 0 Å². The lowest BCUT2D eigenvalue weighted by Crippen LogP contribution is -2.44. The molecule has 0 bridgehead atoms. The van der Waals surface area contributed by atoms with Crippen LogP contribution in [0, 0.1) is 0 Å². The van der Waals surface area contributed by atoms with Gasteiger partial charge in [-0.1, -0.05) is 0 Å². The van der Waals surface area contributed by atoms with Crippen LogP contribution in [0.4, 0.5) is 16.3 Å². The van der Waals surface area contributed by atoms with E-state index in [9.17, 15) is 4.79 Å². The number of hydrogen-bond acceptors (Lipinski definition) is 7. The molecule has 1 aliphatic rings. The van der Waals surface area contributed by atoms with Gasteiger partial charge in [-0.25, -0.2) is 14.8 Å². The first kappa shape index (κ1) is 22.3. The molecule has 2 atom stereocenters. The number of amides is 2. The molecule has 2 amide bonds. The predicted molar refractivity (Wildman–Crippen MR) is 121 cm³/mol. The maximum absolute atomic E-state index is 11.9. The second-order valence-corrected chi connectivity index (χ2v) is 8.22. The quantitative estimate of drug-likeness (QED) is 0.620. The van der Waals surface area contributed by atoms with Crippen LogP contribution >= 0.6 is 11.8 Å². The fourth-order valence-electron chi connectivity index (χ4n) is 3.19. The van der Waals surface area contributed by atoms with Gasteiger partial charge in [0.15, 0.2) is 5.82 Å². The SMILES string of the molecule is CSCc1cc(N2CCOC[C@@H]2C)nc(-c2ccc(NC(=O)NC(C)CO)cc2)n1. The molecule has 9 heteroatoms. The highest BCUT2D eigenvalue weighted by Crippen LogP contribution is 2.25. The molecule has 30 heavy (non-hydrogen) atoms. The molecule has 2 aromatic rings. The van der Waals surface area contributed by atoms with Gasteiger partial charge in [0.25, 0.3) is 0 Å². The number of thioether (sulfide) groups is 1. The van der Waals surface area contributed by atoms with Crippen molar-refractivity contribution < 1.29 is 14.6 Å². The van der Waals surface area contributed by atoms with E-state index in [-0.39, 0.29) is 24.7 Å². The summed E-state index contributed by atoms with van der Waals surface area (Å²) in [4.78, 5) is 23.8. The van der Waals surface area contributed by atoms with Crippen LogP contribution in [0.3, 0.4) is 0 Å². The number of aliphatic hydroxyl groups excluding tert-OH is 1. The van der Waals surface area contributed by atoms with Crippen molar-refractivity contribution in [2.75, 3.05) is 42.8 Å². The number of hydrogen-bond donors (Lipinski definition) is 3. The summed E-state index contributed by atoms with van der Waals surface area (Å²) in [6.07, 6.45) is 2.06. The summed E-state index contributed by atoms with van der Waals surface area (Å²) in [6, 6.07) is 9.09. The van der Waals surface area contributed by atoms with E-state index in [1.54, 1.807) is 18.7 Å². The molecule has 8 nitrogen and oxygen atoms in total. The van der Waals surface area contributed by atoms with E-state index in [2.05, 4.69) is 34.8 Å². The van der Waals surface area contributed by atoms with Crippen molar-refractivity contribution in [3.63, 3.8) is 0 Å². The number of anilines is 2. The van der Waals surface area contributed by atoms with Crippen LogP contribution in [0.2, 0.25) is 0 Å². The van der Waals surface area contributed by atoms with Gasteiger partial charge in [-0.2, -0.15) is 11.8 Å². The molecule has 3 rings (SSSR count). The number of nitrogens with zero attached hydrogens (tertiary/aromatic N) is 3. The summed E-state index contributed by atoms with van der Waals surface area (Å²) in [7, 11) is 0. The molecule has 1 aliphatic heterocycles. The van der Waals surface area contributed by atoms with Gasteiger partial charge >= 0.3 is 6.03 Å². The zero-order valence-electron chi connectivity index (χ0n) is 17.6. The highest BCUT2D eigenvalue weighted by atomic mass is 32.2. The number of rotatable bonds is 7. The summed E-state index contributed by atoms with van der Waals surface area (Å²) >= 11 is 1.72. The van der Waals surface area contributed by atoms with E-state index >= 15 is 0 Å². The fraction of sp³-hybridized carbons (Fsp3) is 0.476. The van der Waals surface area contributed by atoms with Gasteiger partial charge in [0, 0.05) is 29.6 Å². The third-order valence-corrected chi connectivity index (χ3v) is 5.36. The van der Waals surface area contributed by atoms with Crippen molar-refractivity contribution in [2.24, 2.45) is 0 Å². The molecule has 1 saturated heterocycles. The number of aromatic nitrogens is 2. The highest BCUT2D eigenvalue weighted by Gasteiger charge is 2.21. The van der Waals surface area contributed by atoms with Gasteiger partial charge in [0.05, 0.1) is 37.6 Å². The smallest absolute Gasteiger partial charge is 0.319 e. The van der Waals surface area contributed by atoms with Gasteiger partial charge in [-0.3, -0.25) is 0 Å². The number of urea groups is 1. The van der Waals surface area contributed by atoms with Gasteiger partial charge in [-0.15, -0.1) is 0 Å². The molecular weight excluding hydrogens is 402 g/mol. The average Bonchev–Trinajstić information content (AvgIpc) is 2.74. The van der Waals surface area contributed by atoms with Crippen LogP contribution in [0.15, 0.2) is 30.3 Å². The van der Waals surface area contributed by atoms with Crippen LogP contribution in [0.25, 0.3) is 11.4 Å². The topological polar surface area (TPSA) is 99.6 Å². The Balaban J connectivity index is 1.81. The van der Waals surface area contributed by atoms with Crippen molar-refractivity contribution in [1.29, 1.82) is 0 Å². The Hall–Kier alpha value is -2.36. The van der Waals surface area contributed by atoms with Crippen LogP contribution in [-0.4, -0.2) is 65.8 Å². The number of ether oxygens (including phenoxy) is 1. The zero-order chi connectivity index (χ0) is 21.5. The number of carbonyl (C=O) groups is 1. The number of aliphatic hydroxyl groups is 1. The van der Waals surface area contributed by atoms with Crippen molar-refractivity contribution in [3.05, 3.63) is 36.0 Å². The van der Waals surface area contributed by atoms with E-state index in [1.807, 2.05) is 24.3 Å². The molecule has 1 aromatic carbocycles. The first-order chi connectivity index (χ1) is 14.5. The van der Waals surface area contributed by atoms with Crippen molar-refractivity contribution in [3.8, 4) is 11.4 Å². The van der Waals surface area contributed by atoms with E-state index in [4.69, 9.17) is 19.8 Å².